The third-order valence-electron chi connectivity index (χ3n) is 2.61. The molecule has 0 aromatic carbocycles. The molecule has 0 saturated carbocycles. The number of anilines is 1. The van der Waals surface area contributed by atoms with Crippen molar-refractivity contribution in [3.05, 3.63) is 40.0 Å². The fourth-order valence-corrected chi connectivity index (χ4v) is 2.25. The zero-order valence-corrected chi connectivity index (χ0v) is 12.3. The van der Waals surface area contributed by atoms with Crippen LogP contribution in [0.1, 0.15) is 25.9 Å². The average molecular weight is 306 g/mol. The van der Waals surface area contributed by atoms with Gasteiger partial charge in [-0.2, -0.15) is 0 Å². The van der Waals surface area contributed by atoms with Crippen molar-refractivity contribution in [1.82, 2.24) is 14.9 Å². The molecule has 0 fully saturated rings. The maximum absolute atomic E-state index is 11.7. The first-order chi connectivity index (χ1) is 9.97. The van der Waals surface area contributed by atoms with Gasteiger partial charge in [0.05, 0.1) is 12.1 Å². The second-order valence-corrected chi connectivity index (χ2v) is 5.36. The molecule has 0 aliphatic rings. The Morgan fingerprint density at radius 2 is 2.14 bits per heavy atom. The normalized spacial score (nSPS) is 10.2. The van der Waals surface area contributed by atoms with Crippen molar-refractivity contribution in [2.24, 2.45) is 0 Å². The summed E-state index contributed by atoms with van der Waals surface area (Å²) in [6.07, 6.45) is 1.50. The second-order valence-electron chi connectivity index (χ2n) is 4.42. The zero-order valence-electron chi connectivity index (χ0n) is 11.5. The number of carboxylic acids is 1. The highest BCUT2D eigenvalue weighted by Gasteiger charge is 2.10. The number of rotatable bonds is 5. The average Bonchev–Trinajstić information content (AvgIpc) is 2.94. The molecule has 2 aromatic rings. The van der Waals surface area contributed by atoms with Gasteiger partial charge in [-0.25, -0.2) is 14.8 Å². The molecule has 110 valence electrons. The van der Waals surface area contributed by atoms with Gasteiger partial charge >= 0.3 is 5.97 Å². The Labute approximate surface area is 125 Å². The largest absolute Gasteiger partial charge is 0.476 e. The number of nitrogens with one attached hydrogen (secondary N) is 1. The van der Waals surface area contributed by atoms with Gasteiger partial charge in [0.15, 0.2) is 5.69 Å². The molecule has 2 heterocycles. The number of aromatic nitrogens is 2. The summed E-state index contributed by atoms with van der Waals surface area (Å²) in [5.74, 6) is -0.556. The molecule has 0 unspecified atom stereocenters. The third-order valence-corrected chi connectivity index (χ3v) is 3.46. The van der Waals surface area contributed by atoms with Crippen LogP contribution in [-0.2, 0) is 6.54 Å². The molecule has 0 atom stereocenters. The zero-order chi connectivity index (χ0) is 15.4. The van der Waals surface area contributed by atoms with E-state index in [0.717, 1.165) is 0 Å². The lowest BCUT2D eigenvalue weighted by Crippen LogP contribution is -2.21. The van der Waals surface area contributed by atoms with Crippen LogP contribution in [0, 0.1) is 0 Å². The van der Waals surface area contributed by atoms with Gasteiger partial charge in [-0.15, -0.1) is 11.3 Å². The highest BCUT2D eigenvalue weighted by molar-refractivity contribution is 7.09. The summed E-state index contributed by atoms with van der Waals surface area (Å²) in [4.78, 5) is 32.0. The van der Waals surface area contributed by atoms with Crippen molar-refractivity contribution in [3.63, 3.8) is 0 Å². The SMILES string of the molecule is CN(C)C(=O)c1ccc(NCc2nc(C(=O)O)cs2)nc1. The standard InChI is InChI=1S/C13H14N4O3S/c1-17(2)12(18)8-3-4-10(14-5-8)15-6-11-16-9(7-21-11)13(19)20/h3-5,7H,6H2,1-2H3,(H,14,15)(H,19,20). The maximum Gasteiger partial charge on any atom is 0.355 e. The fourth-order valence-electron chi connectivity index (χ4n) is 1.54. The van der Waals surface area contributed by atoms with Gasteiger partial charge < -0.3 is 15.3 Å². The van der Waals surface area contributed by atoms with Crippen LogP contribution >= 0.6 is 11.3 Å². The topological polar surface area (TPSA) is 95.4 Å². The molecule has 0 radical (unpaired) electrons. The van der Waals surface area contributed by atoms with E-state index in [-0.39, 0.29) is 11.6 Å². The molecular weight excluding hydrogens is 292 g/mol. The minimum atomic E-state index is -1.04. The molecule has 1 amide bonds. The summed E-state index contributed by atoms with van der Waals surface area (Å²) >= 11 is 1.27. The monoisotopic (exact) mass is 306 g/mol. The molecule has 0 aliphatic heterocycles. The van der Waals surface area contributed by atoms with E-state index in [1.807, 2.05) is 0 Å². The predicted octanol–water partition coefficient (Wildman–Crippen LogP) is 1.55. The number of hydrogen-bond donors (Lipinski definition) is 2. The summed E-state index contributed by atoms with van der Waals surface area (Å²) in [5.41, 5.74) is 0.546. The number of amides is 1. The lowest BCUT2D eigenvalue weighted by molar-refractivity contribution is 0.0690. The molecule has 0 bridgehead atoms. The molecule has 0 aliphatic carbocycles. The van der Waals surface area contributed by atoms with Crippen LogP contribution in [0.5, 0.6) is 0 Å². The molecule has 7 nitrogen and oxygen atoms in total. The number of pyridine rings is 1. The molecule has 2 aromatic heterocycles. The van der Waals surface area contributed by atoms with Crippen LogP contribution in [0.4, 0.5) is 5.82 Å². The highest BCUT2D eigenvalue weighted by Crippen LogP contribution is 2.12. The Morgan fingerprint density at radius 3 is 2.67 bits per heavy atom. The first-order valence-electron chi connectivity index (χ1n) is 6.06. The minimum Gasteiger partial charge on any atom is -0.476 e. The van der Waals surface area contributed by atoms with Gasteiger partial charge in [-0.3, -0.25) is 4.79 Å². The maximum atomic E-state index is 11.7. The van der Waals surface area contributed by atoms with Crippen molar-refractivity contribution >= 4 is 29.0 Å². The number of carboxylic acid groups (broad SMARTS) is 1. The first kappa shape index (κ1) is 14.9. The smallest absolute Gasteiger partial charge is 0.355 e. The quantitative estimate of drug-likeness (QED) is 0.870. The Bertz CT molecular complexity index is 652. The van der Waals surface area contributed by atoms with Gasteiger partial charge in [-0.1, -0.05) is 0 Å². The van der Waals surface area contributed by atoms with Crippen molar-refractivity contribution in [2.75, 3.05) is 19.4 Å². The number of nitrogens with zero attached hydrogens (tertiary/aromatic N) is 3. The first-order valence-corrected chi connectivity index (χ1v) is 6.94. The molecule has 21 heavy (non-hydrogen) atoms. The Balaban J connectivity index is 1.97. The van der Waals surface area contributed by atoms with Gasteiger partial charge in [0.2, 0.25) is 0 Å². The van der Waals surface area contributed by atoms with Crippen molar-refractivity contribution in [2.45, 2.75) is 6.54 Å². The van der Waals surface area contributed by atoms with E-state index in [1.54, 1.807) is 26.2 Å². The van der Waals surface area contributed by atoms with Crippen molar-refractivity contribution in [3.8, 4) is 0 Å². The Kier molecular flexibility index (Phi) is 4.49. The van der Waals surface area contributed by atoms with Crippen LogP contribution in [0.25, 0.3) is 0 Å². The summed E-state index contributed by atoms with van der Waals surface area (Å²) < 4.78 is 0. The summed E-state index contributed by atoms with van der Waals surface area (Å²) in [6.45, 7) is 0.381. The Hall–Kier alpha value is -2.48. The van der Waals surface area contributed by atoms with E-state index in [4.69, 9.17) is 5.11 Å². The van der Waals surface area contributed by atoms with Gasteiger partial charge in [0.25, 0.3) is 5.91 Å². The number of carbonyl (C=O) groups excluding carboxylic acids is 1. The van der Waals surface area contributed by atoms with Crippen molar-refractivity contribution < 1.29 is 14.7 Å². The summed E-state index contributed by atoms with van der Waals surface area (Å²) in [5, 5.41) is 14.0. The Morgan fingerprint density at radius 1 is 1.38 bits per heavy atom. The van der Waals surface area contributed by atoms with E-state index in [9.17, 15) is 9.59 Å². The van der Waals surface area contributed by atoms with Crippen LogP contribution in [0.2, 0.25) is 0 Å². The molecule has 0 spiro atoms. The third kappa shape index (κ3) is 3.76. The molecule has 8 heteroatoms. The lowest BCUT2D eigenvalue weighted by atomic mass is 10.2. The summed E-state index contributed by atoms with van der Waals surface area (Å²) in [6, 6.07) is 3.38. The second kappa shape index (κ2) is 6.31. The van der Waals surface area contributed by atoms with Crippen LogP contribution in [0.3, 0.4) is 0 Å². The van der Waals surface area contributed by atoms with E-state index < -0.39 is 5.97 Å². The fraction of sp³-hybridized carbons (Fsp3) is 0.231. The number of aromatic carboxylic acids is 1. The van der Waals surface area contributed by atoms with Crippen LogP contribution in [-0.4, -0.2) is 45.9 Å². The molecule has 2 rings (SSSR count). The van der Waals surface area contributed by atoms with Gasteiger partial charge in [-0.05, 0) is 12.1 Å². The van der Waals surface area contributed by atoms with E-state index in [1.165, 1.54) is 27.8 Å². The molecule has 2 N–H and O–H groups in total. The van der Waals surface area contributed by atoms with E-state index in [0.29, 0.717) is 22.9 Å². The van der Waals surface area contributed by atoms with Crippen LogP contribution < -0.4 is 5.32 Å². The van der Waals surface area contributed by atoms with Gasteiger partial charge in [0, 0.05) is 25.7 Å². The number of thiazole rings is 1. The molecule has 0 saturated heterocycles. The molecular formula is C13H14N4O3S. The van der Waals surface area contributed by atoms with Crippen LogP contribution in [0.15, 0.2) is 23.7 Å². The van der Waals surface area contributed by atoms with E-state index in [2.05, 4.69) is 15.3 Å². The van der Waals surface area contributed by atoms with Gasteiger partial charge in [0.1, 0.15) is 10.8 Å². The van der Waals surface area contributed by atoms with E-state index >= 15 is 0 Å². The lowest BCUT2D eigenvalue weighted by Gasteiger charge is -2.10. The number of hydrogen-bond acceptors (Lipinski definition) is 6. The highest BCUT2D eigenvalue weighted by atomic mass is 32.1. The summed E-state index contributed by atoms with van der Waals surface area (Å²) in [7, 11) is 3.36. The predicted molar refractivity (Wildman–Crippen MR) is 78.7 cm³/mol. The number of carbonyl (C=O) groups is 2. The van der Waals surface area contributed by atoms with Crippen molar-refractivity contribution in [1.29, 1.82) is 0 Å². The minimum absolute atomic E-state index is 0.0386.